The van der Waals surface area contributed by atoms with Crippen LogP contribution in [0.25, 0.3) is 0 Å². The maximum Gasteiger partial charge on any atom is 0.140 e. The van der Waals surface area contributed by atoms with Gasteiger partial charge in [-0.25, -0.2) is 0 Å². The molecule has 1 nitrogen and oxygen atoms in total. The highest BCUT2D eigenvalue weighted by Gasteiger charge is 2.63. The van der Waals surface area contributed by atoms with Crippen LogP contribution in [-0.4, -0.2) is 5.78 Å². The van der Waals surface area contributed by atoms with E-state index < -0.39 is 0 Å². The summed E-state index contributed by atoms with van der Waals surface area (Å²) in [5.41, 5.74) is 3.69. The zero-order valence-electron chi connectivity index (χ0n) is 37.5. The van der Waals surface area contributed by atoms with Crippen LogP contribution in [0.3, 0.4) is 0 Å². The summed E-state index contributed by atoms with van der Waals surface area (Å²) >= 11 is 0. The molecule has 8 rings (SSSR count). The molecule has 15 atom stereocenters. The molecule has 312 valence electrons. The molecule has 7 saturated carbocycles. The highest BCUT2D eigenvalue weighted by Crippen LogP contribution is 2.71. The van der Waals surface area contributed by atoms with E-state index in [0.29, 0.717) is 33.4 Å². The lowest BCUT2D eigenvalue weighted by molar-refractivity contribution is -0.146. The Morgan fingerprint density at radius 1 is 0.509 bits per heavy atom. The molecule has 0 aliphatic heterocycles. The number of hydrogen-bond donors (Lipinski definition) is 0. The molecule has 0 amide bonds. The van der Waals surface area contributed by atoms with Gasteiger partial charge in [0.2, 0.25) is 0 Å². The van der Waals surface area contributed by atoms with Crippen molar-refractivity contribution < 1.29 is 4.79 Å². The van der Waals surface area contributed by atoms with E-state index >= 15 is 0 Å². The van der Waals surface area contributed by atoms with Gasteiger partial charge in [0.15, 0.2) is 0 Å². The lowest BCUT2D eigenvalue weighted by atomic mass is 9.42. The predicted molar refractivity (Wildman–Crippen MR) is 234 cm³/mol. The van der Waals surface area contributed by atoms with Crippen molar-refractivity contribution in [1.82, 2.24) is 0 Å². The van der Waals surface area contributed by atoms with Gasteiger partial charge in [-0.15, -0.1) is 0 Å². The predicted octanol–water partition coefficient (Wildman–Crippen LogP) is 16.1. The Hall–Kier alpha value is -0.590. The van der Waals surface area contributed by atoms with E-state index in [9.17, 15) is 4.79 Å². The zero-order valence-corrected chi connectivity index (χ0v) is 37.5. The molecule has 0 spiro atoms. The minimum Gasteiger partial charge on any atom is -0.299 e. The molecule has 1 heteroatoms. The molecule has 0 aromatic heterocycles. The Balaban J connectivity index is 0.903. The van der Waals surface area contributed by atoms with Crippen LogP contribution in [-0.2, 0) is 4.79 Å². The van der Waals surface area contributed by atoms with Gasteiger partial charge in [-0.3, -0.25) is 4.79 Å². The maximum absolute atomic E-state index is 14.3. The van der Waals surface area contributed by atoms with Gasteiger partial charge in [-0.05, 0) is 190 Å². The fourth-order valence-electron chi connectivity index (χ4n) is 18.2. The van der Waals surface area contributed by atoms with Crippen LogP contribution in [0.4, 0.5) is 0 Å². The summed E-state index contributed by atoms with van der Waals surface area (Å²) in [5.74, 6) is 9.96. The molecule has 55 heavy (non-hydrogen) atoms. The summed E-state index contributed by atoms with van der Waals surface area (Å²) in [5, 5.41) is 0. The first-order valence-electron chi connectivity index (χ1n) is 25.8. The molecule has 0 N–H and O–H groups in total. The van der Waals surface area contributed by atoms with Gasteiger partial charge in [0.05, 0.1) is 0 Å². The fraction of sp³-hybridized carbons (Fsp3) is 0.944. The lowest BCUT2D eigenvalue weighted by Crippen LogP contribution is -2.55. The summed E-state index contributed by atoms with van der Waals surface area (Å²) in [7, 11) is 0. The Morgan fingerprint density at radius 2 is 0.982 bits per heavy atom. The van der Waals surface area contributed by atoms with Crippen molar-refractivity contribution >= 4 is 5.78 Å². The highest BCUT2D eigenvalue weighted by molar-refractivity contribution is 5.85. The van der Waals surface area contributed by atoms with E-state index in [4.69, 9.17) is 0 Å². The van der Waals surface area contributed by atoms with Gasteiger partial charge in [0, 0.05) is 12.3 Å². The average Bonchev–Trinajstić information content (AvgIpc) is 3.70. The first-order chi connectivity index (χ1) is 26.6. The van der Waals surface area contributed by atoms with Gasteiger partial charge in [-0.1, -0.05) is 130 Å². The third-order valence-electron chi connectivity index (χ3n) is 21.5. The zero-order chi connectivity index (χ0) is 38.4. The molecule has 0 saturated heterocycles. The van der Waals surface area contributed by atoms with Crippen molar-refractivity contribution in [3.63, 3.8) is 0 Å². The fourth-order valence-corrected chi connectivity index (χ4v) is 18.2. The molecule has 7 fully saturated rings. The third kappa shape index (κ3) is 7.37. The Morgan fingerprint density at radius 3 is 1.53 bits per heavy atom. The molecule has 0 aromatic carbocycles. The normalized spacial score (nSPS) is 47.6. The quantitative estimate of drug-likeness (QED) is 0.120. The second kappa shape index (κ2) is 16.8. The van der Waals surface area contributed by atoms with Gasteiger partial charge in [0.25, 0.3) is 0 Å². The summed E-state index contributed by atoms with van der Waals surface area (Å²) in [6.45, 7) is 15.7. The van der Waals surface area contributed by atoms with Crippen LogP contribution in [0.15, 0.2) is 11.6 Å². The molecule has 15 unspecified atom stereocenters. The van der Waals surface area contributed by atoms with Gasteiger partial charge >= 0.3 is 0 Å². The summed E-state index contributed by atoms with van der Waals surface area (Å²) in [4.78, 5) is 14.3. The van der Waals surface area contributed by atoms with Gasteiger partial charge < -0.3 is 0 Å². The molecule has 8 aliphatic carbocycles. The van der Waals surface area contributed by atoms with E-state index in [-0.39, 0.29) is 5.92 Å². The molecule has 0 aromatic rings. The second-order valence-corrected chi connectivity index (χ2v) is 23.7. The summed E-state index contributed by atoms with van der Waals surface area (Å²) < 4.78 is 0. The molecule has 8 aliphatic rings. The summed E-state index contributed by atoms with van der Waals surface area (Å²) in [6.07, 6.45) is 45.4. The monoisotopic (exact) mass is 755 g/mol. The van der Waals surface area contributed by atoms with Crippen LogP contribution in [0.5, 0.6) is 0 Å². The molecular weight excluding hydrogens is 665 g/mol. The van der Waals surface area contributed by atoms with Crippen molar-refractivity contribution in [2.45, 2.75) is 234 Å². The number of hydrogen-bond acceptors (Lipinski definition) is 1. The standard InChI is InChI=1S/C54H90O/c1-7-9-11-13-15-17-19-39-23-27-46-43-25-21-41-35-38(29-32-53(41,5)48(43)30-33-51(39,46)3)45-37-54(6)42(36-50(45)55)22-26-44-47-28-24-40(20-18-16-14-12-10-8-2)52(47,4)34-31-49(44)54/h29,39-49H,7-28,30-37H2,1-6H3. The van der Waals surface area contributed by atoms with E-state index in [1.807, 2.05) is 0 Å². The lowest BCUT2D eigenvalue weighted by Gasteiger charge is -2.62. The Bertz CT molecular complexity index is 1340. The van der Waals surface area contributed by atoms with Crippen LogP contribution in [0.2, 0.25) is 0 Å². The highest BCUT2D eigenvalue weighted by atomic mass is 16.1. The maximum atomic E-state index is 14.3. The third-order valence-corrected chi connectivity index (χ3v) is 21.5. The number of allylic oxidation sites excluding steroid dienone is 2. The number of ketones is 1. The second-order valence-electron chi connectivity index (χ2n) is 23.7. The molecule has 0 bridgehead atoms. The van der Waals surface area contributed by atoms with Crippen molar-refractivity contribution in [2.24, 2.45) is 86.8 Å². The smallest absolute Gasteiger partial charge is 0.140 e. The number of rotatable bonds is 15. The minimum absolute atomic E-state index is 0.242. The molecule has 0 radical (unpaired) electrons. The van der Waals surface area contributed by atoms with E-state index in [0.717, 1.165) is 59.7 Å². The van der Waals surface area contributed by atoms with Gasteiger partial charge in [0.1, 0.15) is 5.78 Å². The van der Waals surface area contributed by atoms with E-state index in [1.54, 1.807) is 5.57 Å². The largest absolute Gasteiger partial charge is 0.299 e. The van der Waals surface area contributed by atoms with Crippen LogP contribution < -0.4 is 0 Å². The van der Waals surface area contributed by atoms with Crippen molar-refractivity contribution in [1.29, 1.82) is 0 Å². The number of unbranched alkanes of at least 4 members (excludes halogenated alkanes) is 10. The number of carbonyl (C=O) groups is 1. The van der Waals surface area contributed by atoms with Crippen molar-refractivity contribution in [3.8, 4) is 0 Å². The SMILES string of the molecule is CCCCCCCCC1CCC2C3CCC4CC(C5CC6(C)C(CCC7C8CCC(CCCCCCCC)C8(C)CCC76)CC5=O)=CCC4(C)C3CCC12C. The average molecular weight is 755 g/mol. The topological polar surface area (TPSA) is 17.1 Å². The minimum atomic E-state index is 0.242. The molecular formula is C54H90O. The van der Waals surface area contributed by atoms with Crippen molar-refractivity contribution in [3.05, 3.63) is 11.6 Å². The summed E-state index contributed by atoms with van der Waals surface area (Å²) in [6, 6.07) is 0. The Labute approximate surface area is 342 Å². The number of fused-ring (bicyclic) bond motifs is 10. The van der Waals surface area contributed by atoms with Crippen LogP contribution in [0, 0.1) is 86.8 Å². The first-order valence-corrected chi connectivity index (χ1v) is 25.8. The van der Waals surface area contributed by atoms with Crippen LogP contribution in [0.1, 0.15) is 234 Å². The molecule has 0 heterocycles. The van der Waals surface area contributed by atoms with Gasteiger partial charge in [-0.2, -0.15) is 0 Å². The van der Waals surface area contributed by atoms with Crippen molar-refractivity contribution in [2.75, 3.05) is 0 Å². The van der Waals surface area contributed by atoms with E-state index in [1.165, 1.54) is 186 Å². The number of Topliss-reactive ketones (excluding diaryl/α,β-unsaturated/α-hetero) is 1. The van der Waals surface area contributed by atoms with Crippen LogP contribution >= 0.6 is 0 Å². The van der Waals surface area contributed by atoms with E-state index in [2.05, 4.69) is 47.6 Å². The number of carbonyl (C=O) groups excluding carboxylic acids is 1. The first kappa shape index (κ1) is 41.2. The Kier molecular flexibility index (Phi) is 12.6.